The molecule has 5 heteroatoms. The summed E-state index contributed by atoms with van der Waals surface area (Å²) in [5.74, 6) is 1.04. The van der Waals surface area contributed by atoms with Gasteiger partial charge in [0.1, 0.15) is 11.4 Å². The highest BCUT2D eigenvalue weighted by molar-refractivity contribution is 5.68. The Morgan fingerprint density at radius 2 is 1.60 bits per heavy atom. The fourth-order valence-corrected chi connectivity index (χ4v) is 3.43. The van der Waals surface area contributed by atoms with E-state index in [0.717, 1.165) is 17.7 Å². The van der Waals surface area contributed by atoms with Crippen molar-refractivity contribution in [2.75, 3.05) is 7.11 Å². The summed E-state index contributed by atoms with van der Waals surface area (Å²) >= 11 is 0. The number of ether oxygens (including phenoxy) is 2. The first kappa shape index (κ1) is 23.7. The van der Waals surface area contributed by atoms with Gasteiger partial charge in [-0.3, -0.25) is 0 Å². The van der Waals surface area contributed by atoms with Crippen LogP contribution in [-0.4, -0.2) is 36.1 Å². The number of carbonyl (C=O) groups is 1. The summed E-state index contributed by atoms with van der Waals surface area (Å²) in [5, 5.41) is 13.8. The molecule has 0 saturated carbocycles. The van der Waals surface area contributed by atoms with Crippen LogP contribution < -0.4 is 10.1 Å². The van der Waals surface area contributed by atoms with Gasteiger partial charge >= 0.3 is 6.09 Å². The number of hydrogen-bond acceptors (Lipinski definition) is 4. The van der Waals surface area contributed by atoms with E-state index in [9.17, 15) is 9.90 Å². The van der Waals surface area contributed by atoms with Crippen molar-refractivity contribution in [2.45, 2.75) is 64.7 Å². The lowest BCUT2D eigenvalue weighted by atomic mass is 9.90. The van der Waals surface area contributed by atoms with Crippen LogP contribution in [0.25, 0.3) is 0 Å². The molecule has 0 bridgehead atoms. The van der Waals surface area contributed by atoms with Crippen LogP contribution in [0.15, 0.2) is 54.6 Å². The highest BCUT2D eigenvalue weighted by Crippen LogP contribution is 2.19. The zero-order chi connectivity index (χ0) is 22.1. The van der Waals surface area contributed by atoms with E-state index in [1.165, 1.54) is 5.56 Å². The minimum Gasteiger partial charge on any atom is -0.497 e. The van der Waals surface area contributed by atoms with Gasteiger partial charge in [-0.15, -0.1) is 0 Å². The highest BCUT2D eigenvalue weighted by atomic mass is 16.6. The zero-order valence-electron chi connectivity index (χ0n) is 18.7. The molecule has 2 rings (SSSR count). The smallest absolute Gasteiger partial charge is 0.407 e. The highest BCUT2D eigenvalue weighted by Gasteiger charge is 2.26. The van der Waals surface area contributed by atoms with Crippen molar-refractivity contribution in [3.05, 3.63) is 65.7 Å². The van der Waals surface area contributed by atoms with E-state index < -0.39 is 23.8 Å². The molecule has 5 nitrogen and oxygen atoms in total. The van der Waals surface area contributed by atoms with Crippen molar-refractivity contribution in [1.82, 2.24) is 5.32 Å². The van der Waals surface area contributed by atoms with E-state index in [1.54, 1.807) is 7.11 Å². The second kappa shape index (κ2) is 11.0. The maximum atomic E-state index is 12.4. The number of hydrogen-bond donors (Lipinski definition) is 2. The van der Waals surface area contributed by atoms with Gasteiger partial charge in [-0.1, -0.05) is 49.4 Å². The Labute approximate surface area is 180 Å². The number of rotatable bonds is 9. The Balaban J connectivity index is 2.06. The molecule has 0 unspecified atom stereocenters. The molecule has 30 heavy (non-hydrogen) atoms. The number of aliphatic hydroxyl groups is 1. The summed E-state index contributed by atoms with van der Waals surface area (Å²) in [5.41, 5.74) is 1.65. The molecule has 0 fully saturated rings. The summed E-state index contributed by atoms with van der Waals surface area (Å²) in [4.78, 5) is 12.4. The van der Waals surface area contributed by atoms with Gasteiger partial charge < -0.3 is 19.9 Å². The molecule has 2 aromatic carbocycles. The molecule has 2 aromatic rings. The average Bonchev–Trinajstić information content (AvgIpc) is 2.67. The van der Waals surface area contributed by atoms with E-state index in [-0.39, 0.29) is 5.92 Å². The molecule has 1 amide bonds. The second-order valence-electron chi connectivity index (χ2n) is 8.90. The third-order valence-corrected chi connectivity index (χ3v) is 4.85. The maximum absolute atomic E-state index is 12.4. The lowest BCUT2D eigenvalue weighted by Crippen LogP contribution is -2.47. The molecule has 0 aliphatic heterocycles. The molecule has 0 saturated heterocycles. The maximum Gasteiger partial charge on any atom is 0.407 e. The van der Waals surface area contributed by atoms with Crippen molar-refractivity contribution in [3.8, 4) is 5.75 Å². The standard InChI is InChI=1S/C25H35NO4/c1-18(15-19-9-7-6-8-10-19)16-23(27)22(26-24(28)30-25(2,3)4)17-20-11-13-21(29-5)14-12-20/h6-14,18,22-23,27H,15-17H2,1-5H3,(H,26,28)/t18-,22+,23+/m1/s1. The number of nitrogens with one attached hydrogen (secondary N) is 1. The molecule has 0 aromatic heterocycles. The molecular formula is C25H35NO4. The van der Waals surface area contributed by atoms with E-state index >= 15 is 0 Å². The van der Waals surface area contributed by atoms with Gasteiger partial charge in [0.2, 0.25) is 0 Å². The van der Waals surface area contributed by atoms with Gasteiger partial charge in [-0.05, 0) is 69.2 Å². The van der Waals surface area contributed by atoms with Crippen LogP contribution in [0.3, 0.4) is 0 Å². The normalized spacial score (nSPS) is 14.5. The second-order valence-corrected chi connectivity index (χ2v) is 8.90. The van der Waals surface area contributed by atoms with Crippen LogP contribution in [0.1, 0.15) is 45.2 Å². The van der Waals surface area contributed by atoms with Crippen LogP contribution in [0.5, 0.6) is 5.75 Å². The van der Waals surface area contributed by atoms with Gasteiger partial charge in [0, 0.05) is 0 Å². The summed E-state index contributed by atoms with van der Waals surface area (Å²) in [7, 11) is 1.62. The number of aliphatic hydroxyl groups excluding tert-OH is 1. The Kier molecular flexibility index (Phi) is 8.72. The summed E-state index contributed by atoms with van der Waals surface area (Å²) in [6, 6.07) is 17.4. The molecule has 2 N–H and O–H groups in total. The number of carbonyl (C=O) groups excluding carboxylic acids is 1. The lowest BCUT2D eigenvalue weighted by Gasteiger charge is -2.28. The summed E-state index contributed by atoms with van der Waals surface area (Å²) in [6.07, 6.45) is 0.738. The first-order valence-electron chi connectivity index (χ1n) is 10.5. The van der Waals surface area contributed by atoms with Crippen molar-refractivity contribution in [2.24, 2.45) is 5.92 Å². The van der Waals surface area contributed by atoms with E-state index in [1.807, 2.05) is 63.2 Å². The molecule has 3 atom stereocenters. The Hall–Kier alpha value is -2.53. The van der Waals surface area contributed by atoms with Crippen molar-refractivity contribution in [3.63, 3.8) is 0 Å². The predicted octanol–water partition coefficient (Wildman–Crippen LogP) is 4.76. The number of benzene rings is 2. The minimum absolute atomic E-state index is 0.265. The molecular weight excluding hydrogens is 378 g/mol. The van der Waals surface area contributed by atoms with Gasteiger partial charge in [0.05, 0.1) is 19.3 Å². The van der Waals surface area contributed by atoms with Gasteiger partial charge in [-0.25, -0.2) is 4.79 Å². The summed E-state index contributed by atoms with van der Waals surface area (Å²) < 4.78 is 10.6. The SMILES string of the molecule is COc1ccc(C[C@H](NC(=O)OC(C)(C)C)[C@@H](O)C[C@H](C)Cc2ccccc2)cc1. The van der Waals surface area contributed by atoms with E-state index in [2.05, 4.69) is 24.4 Å². The topological polar surface area (TPSA) is 67.8 Å². The van der Waals surface area contributed by atoms with Crippen LogP contribution in [0, 0.1) is 5.92 Å². The Morgan fingerprint density at radius 1 is 1.00 bits per heavy atom. The lowest BCUT2D eigenvalue weighted by molar-refractivity contribution is 0.0395. The Morgan fingerprint density at radius 3 is 2.17 bits per heavy atom. The van der Waals surface area contributed by atoms with Gasteiger partial charge in [-0.2, -0.15) is 0 Å². The average molecular weight is 414 g/mol. The fraction of sp³-hybridized carbons (Fsp3) is 0.480. The van der Waals surface area contributed by atoms with Crippen LogP contribution in [0.4, 0.5) is 4.79 Å². The molecule has 0 heterocycles. The quantitative estimate of drug-likeness (QED) is 0.622. The third-order valence-electron chi connectivity index (χ3n) is 4.85. The van der Waals surface area contributed by atoms with Crippen molar-refractivity contribution < 1.29 is 19.4 Å². The van der Waals surface area contributed by atoms with Crippen molar-refractivity contribution in [1.29, 1.82) is 0 Å². The van der Waals surface area contributed by atoms with Gasteiger partial charge in [0.25, 0.3) is 0 Å². The monoisotopic (exact) mass is 413 g/mol. The Bertz CT molecular complexity index is 768. The predicted molar refractivity (Wildman–Crippen MR) is 120 cm³/mol. The fourth-order valence-electron chi connectivity index (χ4n) is 3.43. The largest absolute Gasteiger partial charge is 0.497 e. The number of methoxy groups -OCH3 is 1. The molecule has 0 radical (unpaired) electrons. The molecule has 0 aliphatic carbocycles. The molecule has 0 spiro atoms. The first-order chi connectivity index (χ1) is 14.2. The minimum atomic E-state index is -0.696. The number of amides is 1. The molecule has 164 valence electrons. The first-order valence-corrected chi connectivity index (χ1v) is 10.5. The van der Waals surface area contributed by atoms with Gasteiger partial charge in [0.15, 0.2) is 0 Å². The van der Waals surface area contributed by atoms with Crippen LogP contribution >= 0.6 is 0 Å². The van der Waals surface area contributed by atoms with E-state index in [4.69, 9.17) is 9.47 Å². The van der Waals surface area contributed by atoms with Crippen LogP contribution in [-0.2, 0) is 17.6 Å². The van der Waals surface area contributed by atoms with E-state index in [0.29, 0.717) is 12.8 Å². The third kappa shape index (κ3) is 8.46. The number of alkyl carbamates (subject to hydrolysis) is 1. The van der Waals surface area contributed by atoms with Crippen LogP contribution in [0.2, 0.25) is 0 Å². The summed E-state index contributed by atoms with van der Waals surface area (Å²) in [6.45, 7) is 7.59. The molecule has 0 aliphatic rings. The zero-order valence-corrected chi connectivity index (χ0v) is 18.7. The van der Waals surface area contributed by atoms with Crippen molar-refractivity contribution >= 4 is 6.09 Å².